The molecule has 0 spiro atoms. The Kier molecular flexibility index (Phi) is 4.18. The van der Waals surface area contributed by atoms with Gasteiger partial charge in [0.05, 0.1) is 22.3 Å². The molecule has 0 N–H and O–H groups in total. The van der Waals surface area contributed by atoms with E-state index in [9.17, 15) is 9.18 Å². The third-order valence-electron chi connectivity index (χ3n) is 4.53. The second kappa shape index (κ2) is 6.64. The summed E-state index contributed by atoms with van der Waals surface area (Å²) in [6.07, 6.45) is 5.79. The maximum absolute atomic E-state index is 13.8. The van der Waals surface area contributed by atoms with Crippen LogP contribution in [0.2, 0.25) is 0 Å². The van der Waals surface area contributed by atoms with Crippen molar-refractivity contribution in [1.82, 2.24) is 14.3 Å². The number of aryl methyl sites for hydroxylation is 1. The van der Waals surface area contributed by atoms with Gasteiger partial charge in [-0.1, -0.05) is 18.1 Å². The van der Waals surface area contributed by atoms with Gasteiger partial charge in [0.15, 0.2) is 0 Å². The van der Waals surface area contributed by atoms with E-state index in [2.05, 4.69) is 16.8 Å². The predicted octanol–water partition coefficient (Wildman–Crippen LogP) is 3.42. The lowest BCUT2D eigenvalue weighted by Crippen LogP contribution is -2.27. The predicted molar refractivity (Wildman–Crippen MR) is 97.4 cm³/mol. The molecule has 1 saturated heterocycles. The number of fused-ring (bicyclic) bond motifs is 1. The lowest BCUT2D eigenvalue weighted by Gasteiger charge is -2.13. The second-order valence-corrected chi connectivity index (χ2v) is 6.48. The third kappa shape index (κ3) is 3.06. The highest BCUT2D eigenvalue weighted by atomic mass is 19.1. The van der Waals surface area contributed by atoms with Crippen LogP contribution in [0.25, 0.3) is 5.52 Å². The van der Waals surface area contributed by atoms with Gasteiger partial charge in [-0.25, -0.2) is 9.37 Å². The van der Waals surface area contributed by atoms with Crippen molar-refractivity contribution in [3.8, 4) is 11.8 Å². The summed E-state index contributed by atoms with van der Waals surface area (Å²) in [5, 5.41) is 0. The number of hydrogen-bond donors (Lipinski definition) is 0. The van der Waals surface area contributed by atoms with Crippen LogP contribution in [-0.2, 0) is 0 Å². The summed E-state index contributed by atoms with van der Waals surface area (Å²) in [5.74, 6) is 5.49. The summed E-state index contributed by atoms with van der Waals surface area (Å²) >= 11 is 0. The maximum atomic E-state index is 13.8. The normalized spacial score (nSPS) is 13.7. The Labute approximate surface area is 151 Å². The summed E-state index contributed by atoms with van der Waals surface area (Å²) in [6.45, 7) is 3.49. The Morgan fingerprint density at radius 2 is 1.92 bits per heavy atom. The molecule has 3 heterocycles. The van der Waals surface area contributed by atoms with Crippen molar-refractivity contribution in [2.24, 2.45) is 0 Å². The van der Waals surface area contributed by atoms with Crippen LogP contribution in [0.3, 0.4) is 0 Å². The van der Waals surface area contributed by atoms with E-state index in [1.807, 2.05) is 34.7 Å². The topological polar surface area (TPSA) is 37.6 Å². The van der Waals surface area contributed by atoms with Crippen LogP contribution in [0.15, 0.2) is 42.7 Å². The maximum Gasteiger partial charge on any atom is 0.255 e. The fourth-order valence-corrected chi connectivity index (χ4v) is 3.24. The number of aromatic nitrogens is 2. The van der Waals surface area contributed by atoms with Gasteiger partial charge in [-0.05, 0) is 43.9 Å². The molecular weight excluding hydrogens is 329 g/mol. The summed E-state index contributed by atoms with van der Waals surface area (Å²) in [6, 6.07) is 8.21. The molecule has 0 bridgehead atoms. The average molecular weight is 347 g/mol. The number of carbonyl (C=O) groups is 1. The van der Waals surface area contributed by atoms with Crippen molar-refractivity contribution in [3.05, 3.63) is 71.1 Å². The Balaban J connectivity index is 1.76. The third-order valence-corrected chi connectivity index (χ3v) is 4.53. The zero-order chi connectivity index (χ0) is 18.1. The van der Waals surface area contributed by atoms with Crippen molar-refractivity contribution in [2.75, 3.05) is 13.1 Å². The van der Waals surface area contributed by atoms with E-state index < -0.39 is 0 Å². The van der Waals surface area contributed by atoms with E-state index in [1.165, 1.54) is 6.07 Å². The van der Waals surface area contributed by atoms with E-state index in [0.29, 0.717) is 16.8 Å². The minimum atomic E-state index is -0.357. The van der Waals surface area contributed by atoms with Crippen LogP contribution in [0.4, 0.5) is 4.39 Å². The molecule has 1 fully saturated rings. The summed E-state index contributed by atoms with van der Waals surface area (Å²) in [4.78, 5) is 19.0. The smallest absolute Gasteiger partial charge is 0.255 e. The Morgan fingerprint density at radius 3 is 2.69 bits per heavy atom. The number of likely N-dealkylation sites (tertiary alicyclic amines) is 1. The highest BCUT2D eigenvalue weighted by molar-refractivity contribution is 5.96. The number of halogens is 1. The molecule has 1 aliphatic rings. The van der Waals surface area contributed by atoms with Crippen molar-refractivity contribution >= 4 is 11.4 Å². The molecule has 1 aromatic carbocycles. The molecule has 1 aliphatic heterocycles. The van der Waals surface area contributed by atoms with Crippen LogP contribution in [0.5, 0.6) is 0 Å². The fourth-order valence-electron chi connectivity index (χ4n) is 3.24. The van der Waals surface area contributed by atoms with Gasteiger partial charge in [0.1, 0.15) is 11.5 Å². The standard InChI is InChI=1S/C21H18FN3O/c1-15-13-25-14-17(21(26)24-10-4-5-11-24)12-20(25)19(23-15)9-8-16-6-2-3-7-18(16)22/h2-3,6-7,12-14H,4-5,10-11H2,1H3. The molecule has 0 unspecified atom stereocenters. The number of rotatable bonds is 1. The van der Waals surface area contributed by atoms with Crippen LogP contribution in [-0.4, -0.2) is 33.3 Å². The van der Waals surface area contributed by atoms with Gasteiger partial charge in [-0.3, -0.25) is 4.79 Å². The average Bonchev–Trinajstić information content (AvgIpc) is 3.30. The minimum absolute atomic E-state index is 0.0388. The van der Waals surface area contributed by atoms with E-state index in [1.54, 1.807) is 18.2 Å². The van der Waals surface area contributed by atoms with Gasteiger partial charge in [-0.2, -0.15) is 0 Å². The van der Waals surface area contributed by atoms with E-state index in [0.717, 1.165) is 37.1 Å². The van der Waals surface area contributed by atoms with Gasteiger partial charge < -0.3 is 9.30 Å². The lowest BCUT2D eigenvalue weighted by molar-refractivity contribution is 0.0793. The quantitative estimate of drug-likeness (QED) is 0.633. The molecular formula is C21H18FN3O. The molecule has 4 rings (SSSR count). The Bertz CT molecular complexity index is 1050. The number of benzene rings is 1. The van der Waals surface area contributed by atoms with E-state index >= 15 is 0 Å². The van der Waals surface area contributed by atoms with Crippen molar-refractivity contribution in [2.45, 2.75) is 19.8 Å². The summed E-state index contributed by atoms with van der Waals surface area (Å²) in [5.41, 5.74) is 3.03. The van der Waals surface area contributed by atoms with Crippen LogP contribution >= 0.6 is 0 Å². The molecule has 3 aromatic rings. The highest BCUT2D eigenvalue weighted by Gasteiger charge is 2.21. The number of carbonyl (C=O) groups excluding carboxylic acids is 1. The van der Waals surface area contributed by atoms with Gasteiger partial charge in [0, 0.05) is 25.5 Å². The lowest BCUT2D eigenvalue weighted by atomic mass is 10.2. The number of amides is 1. The Hall–Kier alpha value is -3.13. The molecule has 0 atom stereocenters. The van der Waals surface area contributed by atoms with Gasteiger partial charge >= 0.3 is 0 Å². The summed E-state index contributed by atoms with van der Waals surface area (Å²) < 4.78 is 15.7. The molecule has 0 aliphatic carbocycles. The van der Waals surface area contributed by atoms with E-state index in [-0.39, 0.29) is 11.7 Å². The van der Waals surface area contributed by atoms with E-state index in [4.69, 9.17) is 0 Å². The monoisotopic (exact) mass is 347 g/mol. The Morgan fingerprint density at radius 1 is 1.15 bits per heavy atom. The first-order chi connectivity index (χ1) is 12.6. The SMILES string of the molecule is Cc1cn2cc(C(=O)N3CCCC3)cc2c(C#Cc2ccccc2F)n1. The highest BCUT2D eigenvalue weighted by Crippen LogP contribution is 2.18. The van der Waals surface area contributed by atoms with Crippen LogP contribution in [0, 0.1) is 24.6 Å². The molecule has 26 heavy (non-hydrogen) atoms. The first kappa shape index (κ1) is 16.3. The molecule has 4 nitrogen and oxygen atoms in total. The van der Waals surface area contributed by atoms with Crippen molar-refractivity contribution in [1.29, 1.82) is 0 Å². The number of hydrogen-bond acceptors (Lipinski definition) is 2. The first-order valence-corrected chi connectivity index (χ1v) is 8.67. The molecule has 1 amide bonds. The fraction of sp³-hybridized carbons (Fsp3) is 0.238. The first-order valence-electron chi connectivity index (χ1n) is 8.67. The van der Waals surface area contributed by atoms with Gasteiger partial charge in [0.25, 0.3) is 5.91 Å². The zero-order valence-corrected chi connectivity index (χ0v) is 14.5. The van der Waals surface area contributed by atoms with Gasteiger partial charge in [0.2, 0.25) is 0 Å². The molecule has 0 saturated carbocycles. The van der Waals surface area contributed by atoms with Crippen LogP contribution in [0.1, 0.15) is 40.2 Å². The van der Waals surface area contributed by atoms with Gasteiger partial charge in [-0.15, -0.1) is 0 Å². The van der Waals surface area contributed by atoms with Crippen molar-refractivity contribution in [3.63, 3.8) is 0 Å². The molecule has 2 aromatic heterocycles. The molecule has 0 radical (unpaired) electrons. The molecule has 130 valence electrons. The van der Waals surface area contributed by atoms with Crippen molar-refractivity contribution < 1.29 is 9.18 Å². The zero-order valence-electron chi connectivity index (χ0n) is 14.5. The molecule has 5 heteroatoms. The van der Waals surface area contributed by atoms with Crippen LogP contribution < -0.4 is 0 Å². The second-order valence-electron chi connectivity index (χ2n) is 6.48. The summed E-state index contributed by atoms with van der Waals surface area (Å²) in [7, 11) is 0. The minimum Gasteiger partial charge on any atom is -0.339 e. The number of nitrogens with zero attached hydrogens (tertiary/aromatic N) is 3. The largest absolute Gasteiger partial charge is 0.339 e.